The van der Waals surface area contributed by atoms with Crippen LogP contribution in [-0.4, -0.2) is 48.2 Å². The fourth-order valence-electron chi connectivity index (χ4n) is 1.84. The molecule has 0 saturated carbocycles. The van der Waals surface area contributed by atoms with Crippen molar-refractivity contribution in [3.8, 4) is 0 Å². The molecule has 1 saturated heterocycles. The van der Waals surface area contributed by atoms with Gasteiger partial charge < -0.3 is 14.7 Å². The lowest BCUT2D eigenvalue weighted by Gasteiger charge is -2.15. The van der Waals surface area contributed by atoms with Crippen LogP contribution in [0.3, 0.4) is 0 Å². The highest BCUT2D eigenvalue weighted by atomic mass is 16.5. The number of nitrogens with zero attached hydrogens (tertiary/aromatic N) is 1. The zero-order valence-corrected chi connectivity index (χ0v) is 12.4. The van der Waals surface area contributed by atoms with E-state index < -0.39 is 0 Å². The van der Waals surface area contributed by atoms with Crippen LogP contribution in [0.2, 0.25) is 0 Å². The maximum absolute atomic E-state index is 11.6. The highest BCUT2D eigenvalue weighted by Crippen LogP contribution is 2.19. The molecule has 0 aliphatic carbocycles. The van der Waals surface area contributed by atoms with Crippen molar-refractivity contribution in [3.63, 3.8) is 0 Å². The van der Waals surface area contributed by atoms with Crippen molar-refractivity contribution in [3.05, 3.63) is 0 Å². The van der Waals surface area contributed by atoms with Gasteiger partial charge in [0.15, 0.2) is 0 Å². The van der Waals surface area contributed by atoms with E-state index in [0.717, 1.165) is 12.8 Å². The largest absolute Gasteiger partial charge is 0.465 e. The average molecular weight is 273 g/mol. The molecular formula is C14H27NO4. The van der Waals surface area contributed by atoms with E-state index in [9.17, 15) is 9.59 Å². The zero-order chi connectivity index (χ0) is 14.7. The average Bonchev–Trinajstić information content (AvgIpc) is 2.80. The smallest absolute Gasteiger partial charge is 0.311 e. The Bertz CT molecular complexity index is 268. The second-order valence-electron chi connectivity index (χ2n) is 4.34. The summed E-state index contributed by atoms with van der Waals surface area (Å²) < 4.78 is 5.10. The van der Waals surface area contributed by atoms with Crippen molar-refractivity contribution < 1.29 is 19.4 Å². The number of aliphatic hydroxyl groups excluding tert-OH is 1. The van der Waals surface area contributed by atoms with Crippen LogP contribution in [0.4, 0.5) is 0 Å². The summed E-state index contributed by atoms with van der Waals surface area (Å²) >= 11 is 0. The molecule has 1 N–H and O–H groups in total. The molecule has 5 nitrogen and oxygen atoms in total. The van der Waals surface area contributed by atoms with Gasteiger partial charge in [-0.3, -0.25) is 9.59 Å². The normalized spacial score (nSPS) is 18.0. The van der Waals surface area contributed by atoms with E-state index in [1.54, 1.807) is 4.90 Å². The fourth-order valence-corrected chi connectivity index (χ4v) is 1.84. The standard InChI is InChI=1S/C12H21NO4.C2H6/c1-2-3-7-17-12(16)10-8-11(15)13(9-10)5-4-6-14;1-2/h10,14H,2-9H2,1H3;1-2H3. The van der Waals surface area contributed by atoms with Crippen LogP contribution in [0.25, 0.3) is 0 Å². The maximum atomic E-state index is 11.6. The van der Waals surface area contributed by atoms with Gasteiger partial charge in [-0.25, -0.2) is 0 Å². The monoisotopic (exact) mass is 273 g/mol. The van der Waals surface area contributed by atoms with Crippen molar-refractivity contribution >= 4 is 11.9 Å². The van der Waals surface area contributed by atoms with Crippen LogP contribution in [0.5, 0.6) is 0 Å². The number of likely N-dealkylation sites (tertiary alicyclic amines) is 1. The molecular weight excluding hydrogens is 246 g/mol. The van der Waals surface area contributed by atoms with Crippen LogP contribution in [0, 0.1) is 5.92 Å². The summed E-state index contributed by atoms with van der Waals surface area (Å²) in [5.74, 6) is -0.604. The highest BCUT2D eigenvalue weighted by Gasteiger charge is 2.34. The van der Waals surface area contributed by atoms with Gasteiger partial charge in [-0.05, 0) is 12.8 Å². The molecule has 1 unspecified atom stereocenters. The molecule has 1 atom stereocenters. The Morgan fingerprint density at radius 3 is 2.68 bits per heavy atom. The first-order valence-electron chi connectivity index (χ1n) is 7.24. The summed E-state index contributed by atoms with van der Waals surface area (Å²) in [4.78, 5) is 24.8. The molecule has 0 radical (unpaired) electrons. The minimum absolute atomic E-state index is 0.0177. The first-order chi connectivity index (χ1) is 9.19. The molecule has 1 amide bonds. The van der Waals surface area contributed by atoms with Gasteiger partial charge in [-0.2, -0.15) is 0 Å². The van der Waals surface area contributed by atoms with E-state index in [4.69, 9.17) is 9.84 Å². The molecule has 0 aromatic heterocycles. The third kappa shape index (κ3) is 6.57. The minimum Gasteiger partial charge on any atom is -0.465 e. The molecule has 0 aromatic carbocycles. The van der Waals surface area contributed by atoms with E-state index in [-0.39, 0.29) is 30.8 Å². The molecule has 5 heteroatoms. The lowest BCUT2D eigenvalue weighted by Crippen LogP contribution is -2.28. The third-order valence-corrected chi connectivity index (χ3v) is 2.88. The molecule has 112 valence electrons. The van der Waals surface area contributed by atoms with Gasteiger partial charge in [0.1, 0.15) is 0 Å². The third-order valence-electron chi connectivity index (χ3n) is 2.88. The first-order valence-corrected chi connectivity index (χ1v) is 7.24. The maximum Gasteiger partial charge on any atom is 0.311 e. The Kier molecular flexibility index (Phi) is 10.2. The Hall–Kier alpha value is -1.10. The second kappa shape index (κ2) is 10.8. The molecule has 0 bridgehead atoms. The van der Waals surface area contributed by atoms with E-state index in [1.807, 2.05) is 20.8 Å². The van der Waals surface area contributed by atoms with Gasteiger partial charge in [0, 0.05) is 26.1 Å². The van der Waals surface area contributed by atoms with Gasteiger partial charge in [0.05, 0.1) is 12.5 Å². The van der Waals surface area contributed by atoms with Crippen molar-refractivity contribution in [1.29, 1.82) is 0 Å². The summed E-state index contributed by atoms with van der Waals surface area (Å²) in [6.45, 7) is 7.49. The van der Waals surface area contributed by atoms with E-state index in [0.29, 0.717) is 26.1 Å². The molecule has 1 aliphatic heterocycles. The molecule has 1 rings (SSSR count). The predicted molar refractivity (Wildman–Crippen MR) is 73.6 cm³/mol. The number of carbonyl (C=O) groups is 2. The van der Waals surface area contributed by atoms with Gasteiger partial charge in [-0.15, -0.1) is 0 Å². The quantitative estimate of drug-likeness (QED) is 0.565. The van der Waals surface area contributed by atoms with Crippen LogP contribution in [0.15, 0.2) is 0 Å². The number of ether oxygens (including phenoxy) is 1. The minimum atomic E-state index is -0.321. The molecule has 0 aromatic rings. The van der Waals surface area contributed by atoms with Crippen molar-refractivity contribution in [1.82, 2.24) is 4.90 Å². The van der Waals surface area contributed by atoms with Gasteiger partial charge in [0.2, 0.25) is 5.91 Å². The van der Waals surface area contributed by atoms with Crippen molar-refractivity contribution in [2.75, 3.05) is 26.3 Å². The number of hydrogen-bond acceptors (Lipinski definition) is 4. The van der Waals surface area contributed by atoms with Gasteiger partial charge in [-0.1, -0.05) is 27.2 Å². The second-order valence-corrected chi connectivity index (χ2v) is 4.34. The van der Waals surface area contributed by atoms with Crippen LogP contribution >= 0.6 is 0 Å². The predicted octanol–water partition coefficient (Wildman–Crippen LogP) is 1.59. The molecule has 1 aliphatic rings. The summed E-state index contributed by atoms with van der Waals surface area (Å²) in [6.07, 6.45) is 2.65. The molecule has 1 fully saturated rings. The fraction of sp³-hybridized carbons (Fsp3) is 0.857. The van der Waals surface area contributed by atoms with Gasteiger partial charge in [0.25, 0.3) is 0 Å². The Morgan fingerprint density at radius 2 is 2.11 bits per heavy atom. The Morgan fingerprint density at radius 1 is 1.42 bits per heavy atom. The number of unbranched alkanes of at least 4 members (excludes halogenated alkanes) is 1. The van der Waals surface area contributed by atoms with Crippen molar-refractivity contribution in [2.45, 2.75) is 46.5 Å². The number of amides is 1. The first kappa shape index (κ1) is 17.9. The number of hydrogen-bond donors (Lipinski definition) is 1. The Labute approximate surface area is 115 Å². The molecule has 1 heterocycles. The van der Waals surface area contributed by atoms with Crippen LogP contribution in [0.1, 0.15) is 46.5 Å². The number of esters is 1. The molecule has 19 heavy (non-hydrogen) atoms. The van der Waals surface area contributed by atoms with E-state index >= 15 is 0 Å². The van der Waals surface area contributed by atoms with Crippen LogP contribution < -0.4 is 0 Å². The summed E-state index contributed by atoms with van der Waals surface area (Å²) in [7, 11) is 0. The molecule has 0 spiro atoms. The number of rotatable bonds is 7. The van der Waals surface area contributed by atoms with Crippen LogP contribution in [-0.2, 0) is 14.3 Å². The van der Waals surface area contributed by atoms with Crippen molar-refractivity contribution in [2.24, 2.45) is 5.92 Å². The van der Waals surface area contributed by atoms with Gasteiger partial charge >= 0.3 is 5.97 Å². The zero-order valence-electron chi connectivity index (χ0n) is 12.4. The lowest BCUT2D eigenvalue weighted by molar-refractivity contribution is -0.148. The number of aliphatic hydroxyl groups is 1. The topological polar surface area (TPSA) is 66.8 Å². The lowest BCUT2D eigenvalue weighted by atomic mass is 10.1. The highest BCUT2D eigenvalue weighted by molar-refractivity contribution is 5.86. The summed E-state index contributed by atoms with van der Waals surface area (Å²) in [6, 6.07) is 0. The Balaban J connectivity index is 0.00000154. The number of carbonyl (C=O) groups excluding carboxylic acids is 2. The SMILES string of the molecule is CC.CCCCOC(=O)C1CC(=O)N(CCCO)C1. The summed E-state index contributed by atoms with van der Waals surface area (Å²) in [5.41, 5.74) is 0. The summed E-state index contributed by atoms with van der Waals surface area (Å²) in [5, 5.41) is 8.70. The van der Waals surface area contributed by atoms with E-state index in [2.05, 4.69) is 0 Å². The van der Waals surface area contributed by atoms with E-state index in [1.165, 1.54) is 0 Å².